The standard InChI is InChI=1S/C23H22BrF/c1-18-12-13-21(17-23(18)25)11-9-7-5-3-4-6-8-10-20-14-15-22(24)19(2)16-20/h12-17H,3-7H2,1-2H3. The van der Waals surface area contributed by atoms with Crippen molar-refractivity contribution in [3.05, 3.63) is 68.9 Å². The molecular formula is C23H22BrF. The molecule has 128 valence electrons. The molecule has 2 heteroatoms. The van der Waals surface area contributed by atoms with Crippen molar-refractivity contribution in [3.63, 3.8) is 0 Å². The zero-order chi connectivity index (χ0) is 18.1. The minimum absolute atomic E-state index is 0.189. The Kier molecular flexibility index (Phi) is 7.77. The molecule has 2 aromatic carbocycles. The highest BCUT2D eigenvalue weighted by Crippen LogP contribution is 2.16. The van der Waals surface area contributed by atoms with E-state index in [0.29, 0.717) is 5.56 Å². The first-order valence-corrected chi connectivity index (χ1v) is 9.35. The van der Waals surface area contributed by atoms with Gasteiger partial charge >= 0.3 is 0 Å². The summed E-state index contributed by atoms with van der Waals surface area (Å²) < 4.78 is 14.5. The molecule has 2 aromatic rings. The Morgan fingerprint density at radius 3 is 2.00 bits per heavy atom. The Hall–Kier alpha value is -2.03. The van der Waals surface area contributed by atoms with Crippen LogP contribution in [0.3, 0.4) is 0 Å². The highest BCUT2D eigenvalue weighted by Gasteiger charge is 1.96. The van der Waals surface area contributed by atoms with E-state index in [1.807, 2.05) is 18.2 Å². The maximum absolute atomic E-state index is 13.4. The summed E-state index contributed by atoms with van der Waals surface area (Å²) in [5, 5.41) is 0. The van der Waals surface area contributed by atoms with E-state index in [1.165, 1.54) is 11.6 Å². The van der Waals surface area contributed by atoms with Crippen LogP contribution in [0.25, 0.3) is 0 Å². The summed E-state index contributed by atoms with van der Waals surface area (Å²) in [6.07, 6.45) is 5.01. The molecule has 0 amide bonds. The zero-order valence-corrected chi connectivity index (χ0v) is 16.3. The van der Waals surface area contributed by atoms with Crippen molar-refractivity contribution >= 4 is 15.9 Å². The van der Waals surface area contributed by atoms with Crippen LogP contribution in [-0.2, 0) is 0 Å². The van der Waals surface area contributed by atoms with Crippen LogP contribution in [0.2, 0.25) is 0 Å². The maximum Gasteiger partial charge on any atom is 0.127 e. The Balaban J connectivity index is 1.66. The van der Waals surface area contributed by atoms with Crippen molar-refractivity contribution in [2.45, 2.75) is 46.0 Å². The molecule has 0 bridgehead atoms. The van der Waals surface area contributed by atoms with Crippen LogP contribution in [0.5, 0.6) is 0 Å². The van der Waals surface area contributed by atoms with E-state index in [4.69, 9.17) is 0 Å². The van der Waals surface area contributed by atoms with E-state index in [1.54, 1.807) is 13.0 Å². The number of unbranched alkanes of at least 4 members (excludes halogenated alkanes) is 4. The molecule has 0 heterocycles. The monoisotopic (exact) mass is 396 g/mol. The van der Waals surface area contributed by atoms with Crippen LogP contribution in [0.15, 0.2) is 40.9 Å². The lowest BCUT2D eigenvalue weighted by Crippen LogP contribution is -1.83. The molecule has 0 nitrogen and oxygen atoms in total. The minimum Gasteiger partial charge on any atom is -0.207 e. The average Bonchev–Trinajstić information content (AvgIpc) is 2.59. The number of rotatable bonds is 4. The lowest BCUT2D eigenvalue weighted by Gasteiger charge is -1.97. The van der Waals surface area contributed by atoms with Crippen LogP contribution >= 0.6 is 15.9 Å². The van der Waals surface area contributed by atoms with Gasteiger partial charge < -0.3 is 0 Å². The fourth-order valence-corrected chi connectivity index (χ4v) is 2.57. The molecule has 0 saturated carbocycles. The normalized spacial score (nSPS) is 9.76. The summed E-state index contributed by atoms with van der Waals surface area (Å²) >= 11 is 3.50. The summed E-state index contributed by atoms with van der Waals surface area (Å²) in [6.45, 7) is 3.83. The number of halogens is 2. The van der Waals surface area contributed by atoms with Gasteiger partial charge in [-0.15, -0.1) is 0 Å². The molecule has 0 aliphatic heterocycles. The molecule has 0 unspecified atom stereocenters. The van der Waals surface area contributed by atoms with Crippen molar-refractivity contribution < 1.29 is 4.39 Å². The second-order valence-corrected chi connectivity index (χ2v) is 6.95. The number of hydrogen-bond acceptors (Lipinski definition) is 0. The van der Waals surface area contributed by atoms with Crippen molar-refractivity contribution in [2.75, 3.05) is 0 Å². The molecular weight excluding hydrogens is 375 g/mol. The Morgan fingerprint density at radius 2 is 1.40 bits per heavy atom. The predicted octanol–water partition coefficient (Wildman–Crippen LogP) is 6.56. The number of benzene rings is 2. The van der Waals surface area contributed by atoms with Crippen LogP contribution in [0.1, 0.15) is 54.4 Å². The fourth-order valence-electron chi connectivity index (χ4n) is 2.33. The predicted molar refractivity (Wildman–Crippen MR) is 107 cm³/mol. The Bertz CT molecular complexity index is 772. The molecule has 0 N–H and O–H groups in total. The lowest BCUT2D eigenvalue weighted by molar-refractivity contribution is 0.618. The largest absolute Gasteiger partial charge is 0.207 e. The first-order chi connectivity index (χ1) is 12.1. The highest BCUT2D eigenvalue weighted by molar-refractivity contribution is 9.10. The Morgan fingerprint density at radius 1 is 0.800 bits per heavy atom. The second-order valence-electron chi connectivity index (χ2n) is 6.09. The topological polar surface area (TPSA) is 0 Å². The number of hydrogen-bond donors (Lipinski definition) is 0. The molecule has 25 heavy (non-hydrogen) atoms. The quantitative estimate of drug-likeness (QED) is 0.405. The van der Waals surface area contributed by atoms with E-state index in [-0.39, 0.29) is 5.82 Å². The van der Waals surface area contributed by atoms with Gasteiger partial charge in [-0.3, -0.25) is 0 Å². The summed E-state index contributed by atoms with van der Waals surface area (Å²) in [6, 6.07) is 11.3. The SMILES string of the molecule is Cc1ccc(C#CCCCCCC#Cc2ccc(Br)c(C)c2)cc1F. The van der Waals surface area contributed by atoms with Crippen molar-refractivity contribution in [1.82, 2.24) is 0 Å². The van der Waals surface area contributed by atoms with Gasteiger partial charge in [0.05, 0.1) is 0 Å². The molecule has 0 saturated heterocycles. The minimum atomic E-state index is -0.189. The van der Waals surface area contributed by atoms with Gasteiger partial charge in [0, 0.05) is 28.4 Å². The summed E-state index contributed by atoms with van der Waals surface area (Å²) in [4.78, 5) is 0. The summed E-state index contributed by atoms with van der Waals surface area (Å²) in [5.41, 5.74) is 3.68. The van der Waals surface area contributed by atoms with Gasteiger partial charge in [0.2, 0.25) is 0 Å². The third-order valence-corrected chi connectivity index (χ3v) is 4.79. The van der Waals surface area contributed by atoms with Gasteiger partial charge in [-0.2, -0.15) is 0 Å². The molecule has 0 aliphatic rings. The van der Waals surface area contributed by atoms with Gasteiger partial charge in [-0.25, -0.2) is 4.39 Å². The van der Waals surface area contributed by atoms with Crippen LogP contribution in [-0.4, -0.2) is 0 Å². The maximum atomic E-state index is 13.4. The third kappa shape index (κ3) is 6.77. The van der Waals surface area contributed by atoms with Crippen molar-refractivity contribution in [1.29, 1.82) is 0 Å². The molecule has 0 atom stereocenters. The number of aryl methyl sites for hydroxylation is 2. The summed E-state index contributed by atoms with van der Waals surface area (Å²) in [7, 11) is 0. The van der Waals surface area contributed by atoms with E-state index >= 15 is 0 Å². The van der Waals surface area contributed by atoms with Gasteiger partial charge in [-0.1, -0.05) is 52.1 Å². The highest BCUT2D eigenvalue weighted by atomic mass is 79.9. The Labute approximate surface area is 159 Å². The zero-order valence-electron chi connectivity index (χ0n) is 14.8. The van der Waals surface area contributed by atoms with Crippen molar-refractivity contribution in [3.8, 4) is 23.7 Å². The van der Waals surface area contributed by atoms with E-state index in [2.05, 4.69) is 52.6 Å². The van der Waals surface area contributed by atoms with Crippen LogP contribution in [0, 0.1) is 43.3 Å². The van der Waals surface area contributed by atoms with Gasteiger partial charge in [0.1, 0.15) is 5.82 Å². The summed E-state index contributed by atoms with van der Waals surface area (Å²) in [5.74, 6) is 12.4. The fraction of sp³-hybridized carbons (Fsp3) is 0.304. The molecule has 0 spiro atoms. The van der Waals surface area contributed by atoms with Gasteiger partial charge in [-0.05, 0) is 68.1 Å². The van der Waals surface area contributed by atoms with E-state index < -0.39 is 0 Å². The van der Waals surface area contributed by atoms with Crippen LogP contribution in [0.4, 0.5) is 4.39 Å². The molecule has 0 fully saturated rings. The molecule has 2 rings (SSSR count). The van der Waals surface area contributed by atoms with E-state index in [0.717, 1.165) is 47.7 Å². The molecule has 0 aromatic heterocycles. The van der Waals surface area contributed by atoms with Crippen molar-refractivity contribution in [2.24, 2.45) is 0 Å². The second kappa shape index (κ2) is 10.1. The van der Waals surface area contributed by atoms with Gasteiger partial charge in [0.25, 0.3) is 0 Å². The molecule has 0 aliphatic carbocycles. The average molecular weight is 397 g/mol. The van der Waals surface area contributed by atoms with Gasteiger partial charge in [0.15, 0.2) is 0 Å². The first-order valence-electron chi connectivity index (χ1n) is 8.56. The smallest absolute Gasteiger partial charge is 0.127 e. The third-order valence-electron chi connectivity index (χ3n) is 3.90. The lowest BCUT2D eigenvalue weighted by atomic mass is 10.1. The van der Waals surface area contributed by atoms with Crippen LogP contribution < -0.4 is 0 Å². The van der Waals surface area contributed by atoms with E-state index in [9.17, 15) is 4.39 Å². The first kappa shape index (κ1) is 19.3. The molecule has 0 radical (unpaired) electrons.